The van der Waals surface area contributed by atoms with Gasteiger partial charge in [-0.15, -0.1) is 0 Å². The quantitative estimate of drug-likeness (QED) is 0.758. The minimum Gasteiger partial charge on any atom is -0.253 e. The summed E-state index contributed by atoms with van der Waals surface area (Å²) in [7, 11) is -2.06. The molecule has 1 nitrogen and oxygen atoms in total. The molecule has 3 rings (SSSR count). The Kier molecular flexibility index (Phi) is 2.85. The van der Waals surface area contributed by atoms with E-state index in [1.165, 1.54) is 12.1 Å². The molecule has 19 heavy (non-hydrogen) atoms. The van der Waals surface area contributed by atoms with E-state index in [0.29, 0.717) is 6.42 Å². The second-order valence-corrected chi connectivity index (χ2v) is 6.90. The van der Waals surface area contributed by atoms with Crippen molar-refractivity contribution < 1.29 is 17.4 Å². The normalized spacial score (nSPS) is 34.7. The van der Waals surface area contributed by atoms with E-state index in [9.17, 15) is 17.4 Å². The van der Waals surface area contributed by atoms with Gasteiger partial charge in [-0.3, -0.25) is 4.21 Å². The summed E-state index contributed by atoms with van der Waals surface area (Å²) in [5.74, 6) is -0.738. The Morgan fingerprint density at radius 1 is 1.16 bits per heavy atom. The van der Waals surface area contributed by atoms with Gasteiger partial charge in [0.15, 0.2) is 4.75 Å². The molecule has 1 unspecified atom stereocenters. The molecule has 0 N–H and O–H groups in total. The zero-order valence-electron chi connectivity index (χ0n) is 10.1. The average molecular weight is 286 g/mol. The standard InChI is InChI=1S/C14H13F3OS/c15-14(16,17)13(9-10-6-7-11(13)8-10)19(18)12-4-2-1-3-5-12/h1-7,10-11H,8-9H2/t10-,11+,13+,19?/m0/s1. The summed E-state index contributed by atoms with van der Waals surface area (Å²) < 4.78 is 51.2. The first kappa shape index (κ1) is 12.9. The molecule has 0 saturated heterocycles. The predicted octanol–water partition coefficient (Wildman–Crippen LogP) is 3.69. The third kappa shape index (κ3) is 1.78. The Morgan fingerprint density at radius 3 is 2.32 bits per heavy atom. The molecule has 0 aromatic heterocycles. The number of benzene rings is 1. The summed E-state index contributed by atoms with van der Waals surface area (Å²) in [5, 5.41) is 0. The van der Waals surface area contributed by atoms with E-state index in [1.807, 2.05) is 6.08 Å². The molecule has 1 aromatic carbocycles. The van der Waals surface area contributed by atoms with E-state index < -0.39 is 27.6 Å². The minimum atomic E-state index is -4.45. The molecule has 0 spiro atoms. The third-order valence-electron chi connectivity index (χ3n) is 4.10. The SMILES string of the molecule is O=S(c1ccccc1)[C@]1(C(F)(F)F)C[C@H]2C=C[C@@H]1C2. The van der Waals surface area contributed by atoms with E-state index in [2.05, 4.69) is 0 Å². The molecule has 1 saturated carbocycles. The van der Waals surface area contributed by atoms with Crippen molar-refractivity contribution in [1.82, 2.24) is 0 Å². The molecule has 2 bridgehead atoms. The molecule has 2 aliphatic carbocycles. The fourth-order valence-corrected chi connectivity index (χ4v) is 5.06. The fourth-order valence-electron chi connectivity index (χ4n) is 3.21. The highest BCUT2D eigenvalue weighted by molar-refractivity contribution is 7.86. The lowest BCUT2D eigenvalue weighted by atomic mass is 9.92. The smallest absolute Gasteiger partial charge is 0.253 e. The zero-order chi connectivity index (χ0) is 13.7. The van der Waals surface area contributed by atoms with Crippen LogP contribution in [-0.4, -0.2) is 15.1 Å². The second kappa shape index (κ2) is 4.20. The summed E-state index contributed by atoms with van der Waals surface area (Å²) in [6, 6.07) is 7.99. The van der Waals surface area contributed by atoms with Crippen LogP contribution >= 0.6 is 0 Å². The number of rotatable bonds is 2. The van der Waals surface area contributed by atoms with Crippen molar-refractivity contribution in [2.24, 2.45) is 11.8 Å². The molecule has 0 amide bonds. The molecule has 1 aromatic rings. The van der Waals surface area contributed by atoms with Gasteiger partial charge in [-0.1, -0.05) is 30.4 Å². The Labute approximate surface area is 112 Å². The third-order valence-corrected chi connectivity index (χ3v) is 6.17. The van der Waals surface area contributed by atoms with Crippen LogP contribution in [0.1, 0.15) is 12.8 Å². The summed E-state index contributed by atoms with van der Waals surface area (Å²) in [4.78, 5) is 0.265. The Bertz CT molecular complexity index is 537. The summed E-state index contributed by atoms with van der Waals surface area (Å²) >= 11 is 0. The number of allylic oxidation sites excluding steroid dienone is 2. The molecular weight excluding hydrogens is 273 g/mol. The van der Waals surface area contributed by atoms with E-state index in [4.69, 9.17) is 0 Å². The van der Waals surface area contributed by atoms with Crippen LogP contribution in [0.25, 0.3) is 0 Å². The van der Waals surface area contributed by atoms with E-state index in [1.54, 1.807) is 24.3 Å². The fraction of sp³-hybridized carbons (Fsp3) is 0.429. The van der Waals surface area contributed by atoms with Crippen LogP contribution in [0.5, 0.6) is 0 Å². The van der Waals surface area contributed by atoms with Crippen molar-refractivity contribution in [2.45, 2.75) is 28.7 Å². The maximum absolute atomic E-state index is 13.6. The van der Waals surface area contributed by atoms with Gasteiger partial charge >= 0.3 is 6.18 Å². The van der Waals surface area contributed by atoms with Crippen LogP contribution in [0.15, 0.2) is 47.4 Å². The number of alkyl halides is 3. The molecule has 4 atom stereocenters. The predicted molar refractivity (Wildman–Crippen MR) is 67.0 cm³/mol. The van der Waals surface area contributed by atoms with Gasteiger partial charge in [0, 0.05) is 10.8 Å². The van der Waals surface area contributed by atoms with Crippen molar-refractivity contribution in [2.75, 3.05) is 0 Å². The van der Waals surface area contributed by atoms with Crippen molar-refractivity contribution in [3.63, 3.8) is 0 Å². The lowest BCUT2D eigenvalue weighted by molar-refractivity contribution is -0.166. The topological polar surface area (TPSA) is 17.1 Å². The molecule has 0 aliphatic heterocycles. The maximum Gasteiger partial charge on any atom is 0.406 e. The molecule has 102 valence electrons. The van der Waals surface area contributed by atoms with Crippen LogP contribution in [0.2, 0.25) is 0 Å². The molecular formula is C14H13F3OS. The van der Waals surface area contributed by atoms with E-state index in [-0.39, 0.29) is 17.2 Å². The van der Waals surface area contributed by atoms with Gasteiger partial charge in [-0.2, -0.15) is 13.2 Å². The van der Waals surface area contributed by atoms with Gasteiger partial charge in [0.25, 0.3) is 0 Å². The van der Waals surface area contributed by atoms with Crippen molar-refractivity contribution in [3.05, 3.63) is 42.5 Å². The van der Waals surface area contributed by atoms with Gasteiger partial charge in [0.2, 0.25) is 0 Å². The minimum absolute atomic E-state index is 0.0564. The molecule has 1 fully saturated rings. The first-order valence-electron chi connectivity index (χ1n) is 6.17. The largest absolute Gasteiger partial charge is 0.406 e. The lowest BCUT2D eigenvalue weighted by Crippen LogP contribution is -2.52. The van der Waals surface area contributed by atoms with Gasteiger partial charge < -0.3 is 0 Å². The van der Waals surface area contributed by atoms with Crippen molar-refractivity contribution in [3.8, 4) is 0 Å². The maximum atomic E-state index is 13.6. The highest BCUT2D eigenvalue weighted by Crippen LogP contribution is 2.57. The Balaban J connectivity index is 2.08. The Hall–Kier alpha value is -1.10. The van der Waals surface area contributed by atoms with E-state index >= 15 is 0 Å². The zero-order valence-corrected chi connectivity index (χ0v) is 10.9. The average Bonchev–Trinajstić information content (AvgIpc) is 2.98. The number of halogens is 3. The lowest BCUT2D eigenvalue weighted by Gasteiger charge is -2.36. The van der Waals surface area contributed by atoms with Gasteiger partial charge in [-0.25, -0.2) is 0 Å². The van der Waals surface area contributed by atoms with Gasteiger partial charge in [-0.05, 0) is 30.9 Å². The van der Waals surface area contributed by atoms with Crippen LogP contribution in [0.3, 0.4) is 0 Å². The van der Waals surface area contributed by atoms with Gasteiger partial charge in [0.1, 0.15) is 0 Å². The summed E-state index contributed by atoms with van der Waals surface area (Å²) in [5.41, 5.74) is 0. The highest BCUT2D eigenvalue weighted by atomic mass is 32.2. The van der Waals surface area contributed by atoms with Crippen LogP contribution in [-0.2, 0) is 10.8 Å². The van der Waals surface area contributed by atoms with E-state index in [0.717, 1.165) is 0 Å². The number of fused-ring (bicyclic) bond motifs is 2. The Morgan fingerprint density at radius 2 is 1.84 bits per heavy atom. The van der Waals surface area contributed by atoms with Crippen LogP contribution in [0.4, 0.5) is 13.2 Å². The molecule has 0 radical (unpaired) electrons. The van der Waals surface area contributed by atoms with Crippen molar-refractivity contribution >= 4 is 10.8 Å². The number of hydrogen-bond acceptors (Lipinski definition) is 1. The second-order valence-electron chi connectivity index (χ2n) is 5.16. The van der Waals surface area contributed by atoms with Crippen LogP contribution < -0.4 is 0 Å². The molecule has 2 aliphatic rings. The molecule has 0 heterocycles. The van der Waals surface area contributed by atoms with Gasteiger partial charge in [0.05, 0.1) is 10.8 Å². The molecule has 5 heteroatoms. The van der Waals surface area contributed by atoms with Crippen molar-refractivity contribution in [1.29, 1.82) is 0 Å². The van der Waals surface area contributed by atoms with Crippen LogP contribution in [0, 0.1) is 11.8 Å². The highest BCUT2D eigenvalue weighted by Gasteiger charge is 2.67. The summed E-state index contributed by atoms with van der Waals surface area (Å²) in [6.07, 6.45) is -0.603. The first-order valence-corrected chi connectivity index (χ1v) is 7.32. The first-order chi connectivity index (χ1) is 8.95. The number of hydrogen-bond donors (Lipinski definition) is 0. The summed E-state index contributed by atoms with van der Waals surface area (Å²) in [6.45, 7) is 0. The monoisotopic (exact) mass is 286 g/mol.